The lowest BCUT2D eigenvalue weighted by Crippen LogP contribution is -2.37. The molecule has 1 aromatic carbocycles. The second-order valence-corrected chi connectivity index (χ2v) is 7.02. The average Bonchev–Trinajstić information content (AvgIpc) is 3.23. The van der Waals surface area contributed by atoms with Crippen LogP contribution in [0.4, 0.5) is 4.39 Å². The van der Waals surface area contributed by atoms with E-state index < -0.39 is 0 Å². The minimum absolute atomic E-state index is 0.164. The van der Waals surface area contributed by atoms with Crippen molar-refractivity contribution >= 4 is 5.91 Å². The molecule has 0 aromatic heterocycles. The van der Waals surface area contributed by atoms with Crippen molar-refractivity contribution in [1.29, 1.82) is 0 Å². The van der Waals surface area contributed by atoms with Crippen molar-refractivity contribution in [2.75, 3.05) is 6.54 Å². The lowest BCUT2D eigenvalue weighted by Gasteiger charge is -2.31. The monoisotopic (exact) mass is 287 g/mol. The normalized spacial score (nSPS) is 34.6. The maximum absolute atomic E-state index is 13.1. The highest BCUT2D eigenvalue weighted by atomic mass is 19.1. The van der Waals surface area contributed by atoms with Gasteiger partial charge in [0.2, 0.25) is 5.91 Å². The molecule has 0 spiro atoms. The SMILES string of the molecule is O=C(C1CC2CCC1C2)N1CCCC1c1ccc(F)cc1. The van der Waals surface area contributed by atoms with Gasteiger partial charge in [0.15, 0.2) is 0 Å². The van der Waals surface area contributed by atoms with Crippen molar-refractivity contribution in [2.45, 2.75) is 44.6 Å². The molecule has 0 radical (unpaired) electrons. The topological polar surface area (TPSA) is 20.3 Å². The van der Waals surface area contributed by atoms with E-state index in [1.54, 1.807) is 0 Å². The molecule has 1 aliphatic heterocycles. The Hall–Kier alpha value is -1.38. The fourth-order valence-electron chi connectivity index (χ4n) is 4.82. The zero-order chi connectivity index (χ0) is 14.4. The van der Waals surface area contributed by atoms with E-state index in [4.69, 9.17) is 0 Å². The van der Waals surface area contributed by atoms with Crippen molar-refractivity contribution in [3.8, 4) is 0 Å². The van der Waals surface area contributed by atoms with Gasteiger partial charge in [0.1, 0.15) is 5.82 Å². The highest BCUT2D eigenvalue weighted by Crippen LogP contribution is 2.50. The highest BCUT2D eigenvalue weighted by molar-refractivity contribution is 5.80. The molecular weight excluding hydrogens is 265 g/mol. The van der Waals surface area contributed by atoms with Gasteiger partial charge in [-0.3, -0.25) is 4.79 Å². The van der Waals surface area contributed by atoms with E-state index in [-0.39, 0.29) is 17.8 Å². The second-order valence-electron chi connectivity index (χ2n) is 7.02. The van der Waals surface area contributed by atoms with Gasteiger partial charge in [0, 0.05) is 12.5 Å². The summed E-state index contributed by atoms with van der Waals surface area (Å²) in [6.07, 6.45) is 7.03. The van der Waals surface area contributed by atoms with Gasteiger partial charge >= 0.3 is 0 Å². The highest BCUT2D eigenvalue weighted by Gasteiger charge is 2.46. The largest absolute Gasteiger partial charge is 0.335 e. The molecule has 4 unspecified atom stereocenters. The Morgan fingerprint density at radius 3 is 2.57 bits per heavy atom. The van der Waals surface area contributed by atoms with E-state index in [0.29, 0.717) is 11.8 Å². The first kappa shape index (κ1) is 13.3. The van der Waals surface area contributed by atoms with E-state index in [9.17, 15) is 9.18 Å². The van der Waals surface area contributed by atoms with E-state index in [0.717, 1.165) is 37.3 Å². The summed E-state index contributed by atoms with van der Waals surface area (Å²) in [5, 5.41) is 0. The number of amides is 1. The Morgan fingerprint density at radius 1 is 1.10 bits per heavy atom. The van der Waals surface area contributed by atoms with E-state index in [2.05, 4.69) is 4.90 Å². The van der Waals surface area contributed by atoms with Gasteiger partial charge < -0.3 is 4.90 Å². The number of likely N-dealkylation sites (tertiary alicyclic amines) is 1. The Morgan fingerprint density at radius 2 is 1.90 bits per heavy atom. The fourth-order valence-corrected chi connectivity index (χ4v) is 4.82. The van der Waals surface area contributed by atoms with Gasteiger partial charge in [0.05, 0.1) is 6.04 Å². The number of hydrogen-bond acceptors (Lipinski definition) is 1. The third-order valence-corrected chi connectivity index (χ3v) is 5.85. The zero-order valence-corrected chi connectivity index (χ0v) is 12.3. The van der Waals surface area contributed by atoms with Gasteiger partial charge in [-0.2, -0.15) is 0 Å². The molecule has 1 saturated heterocycles. The Balaban J connectivity index is 1.53. The summed E-state index contributed by atoms with van der Waals surface area (Å²) in [6, 6.07) is 6.86. The van der Waals surface area contributed by atoms with Crippen molar-refractivity contribution < 1.29 is 9.18 Å². The smallest absolute Gasteiger partial charge is 0.226 e. The zero-order valence-electron chi connectivity index (χ0n) is 12.3. The molecule has 3 aliphatic rings. The number of rotatable bonds is 2. The van der Waals surface area contributed by atoms with Crippen molar-refractivity contribution in [3.63, 3.8) is 0 Å². The van der Waals surface area contributed by atoms with Crippen LogP contribution in [-0.2, 0) is 4.79 Å². The lowest BCUT2D eigenvalue weighted by molar-refractivity contribution is -0.138. The number of halogens is 1. The number of benzene rings is 1. The summed E-state index contributed by atoms with van der Waals surface area (Å²) in [5.74, 6) is 1.87. The van der Waals surface area contributed by atoms with Gasteiger partial charge in [0.25, 0.3) is 0 Å². The van der Waals surface area contributed by atoms with Crippen LogP contribution in [0.1, 0.15) is 50.1 Å². The summed E-state index contributed by atoms with van der Waals surface area (Å²) >= 11 is 0. The van der Waals surface area contributed by atoms with E-state index in [1.165, 1.54) is 31.4 Å². The molecule has 3 fully saturated rings. The van der Waals surface area contributed by atoms with Crippen LogP contribution in [-0.4, -0.2) is 17.4 Å². The van der Waals surface area contributed by atoms with Crippen LogP contribution in [0.3, 0.4) is 0 Å². The molecule has 2 saturated carbocycles. The lowest BCUT2D eigenvalue weighted by atomic mass is 9.87. The summed E-state index contributed by atoms with van der Waals surface area (Å²) in [7, 11) is 0. The minimum atomic E-state index is -0.206. The van der Waals surface area contributed by atoms with Crippen molar-refractivity contribution in [1.82, 2.24) is 4.90 Å². The van der Waals surface area contributed by atoms with Crippen LogP contribution in [0.2, 0.25) is 0 Å². The van der Waals surface area contributed by atoms with E-state index >= 15 is 0 Å². The molecule has 2 nitrogen and oxygen atoms in total. The van der Waals surface area contributed by atoms with Gasteiger partial charge in [-0.15, -0.1) is 0 Å². The molecule has 1 heterocycles. The number of nitrogens with zero attached hydrogens (tertiary/aromatic N) is 1. The van der Waals surface area contributed by atoms with Crippen molar-refractivity contribution in [2.24, 2.45) is 17.8 Å². The van der Waals surface area contributed by atoms with E-state index in [1.807, 2.05) is 12.1 Å². The Kier molecular flexibility index (Phi) is 3.24. The van der Waals surface area contributed by atoms with Gasteiger partial charge in [-0.05, 0) is 61.6 Å². The standard InChI is InChI=1S/C18H22FNO/c19-15-7-5-13(6-8-15)17-2-1-9-20(17)18(21)16-11-12-3-4-14(16)10-12/h5-8,12,14,16-17H,1-4,9-11H2. The third-order valence-electron chi connectivity index (χ3n) is 5.85. The third kappa shape index (κ3) is 2.27. The molecule has 112 valence electrons. The summed E-state index contributed by atoms with van der Waals surface area (Å²) < 4.78 is 13.1. The molecule has 3 heteroatoms. The van der Waals surface area contributed by atoms with Crippen molar-refractivity contribution in [3.05, 3.63) is 35.6 Å². The second kappa shape index (κ2) is 5.11. The van der Waals surface area contributed by atoms with Crippen LogP contribution < -0.4 is 0 Å². The number of carbonyl (C=O) groups is 1. The van der Waals surface area contributed by atoms with Crippen LogP contribution in [0.25, 0.3) is 0 Å². The molecule has 21 heavy (non-hydrogen) atoms. The molecular formula is C18H22FNO. The molecule has 2 aliphatic carbocycles. The van der Waals surface area contributed by atoms with Gasteiger partial charge in [-0.25, -0.2) is 4.39 Å². The van der Waals surface area contributed by atoms with Crippen LogP contribution in [0, 0.1) is 23.6 Å². The number of carbonyl (C=O) groups excluding carboxylic acids is 1. The van der Waals surface area contributed by atoms with Crippen LogP contribution in [0.5, 0.6) is 0 Å². The first-order valence-electron chi connectivity index (χ1n) is 8.28. The average molecular weight is 287 g/mol. The minimum Gasteiger partial charge on any atom is -0.335 e. The maximum atomic E-state index is 13.1. The number of fused-ring (bicyclic) bond motifs is 2. The first-order valence-corrected chi connectivity index (χ1v) is 8.28. The predicted molar refractivity (Wildman–Crippen MR) is 79.0 cm³/mol. The summed E-state index contributed by atoms with van der Waals surface area (Å²) in [6.45, 7) is 0.870. The molecule has 4 rings (SSSR count). The molecule has 1 aromatic rings. The molecule has 0 N–H and O–H groups in total. The predicted octanol–water partition coefficient (Wildman–Crippen LogP) is 3.93. The summed E-state index contributed by atoms with van der Waals surface area (Å²) in [5.41, 5.74) is 1.09. The molecule has 2 bridgehead atoms. The first-order chi connectivity index (χ1) is 10.2. The number of hydrogen-bond donors (Lipinski definition) is 0. The fraction of sp³-hybridized carbons (Fsp3) is 0.611. The summed E-state index contributed by atoms with van der Waals surface area (Å²) in [4.78, 5) is 15.0. The van der Waals surface area contributed by atoms with Gasteiger partial charge in [-0.1, -0.05) is 18.6 Å². The molecule has 4 atom stereocenters. The Labute approximate surface area is 125 Å². The maximum Gasteiger partial charge on any atom is 0.226 e. The Bertz CT molecular complexity index is 541. The quantitative estimate of drug-likeness (QED) is 0.807. The molecule has 1 amide bonds. The van der Waals surface area contributed by atoms with Crippen LogP contribution in [0.15, 0.2) is 24.3 Å². The van der Waals surface area contributed by atoms with Crippen LogP contribution >= 0.6 is 0 Å².